The van der Waals surface area contributed by atoms with Crippen molar-refractivity contribution in [3.8, 4) is 0 Å². The number of carbonyl (C=O) groups is 1. The summed E-state index contributed by atoms with van der Waals surface area (Å²) >= 11 is 0. The van der Waals surface area contributed by atoms with Crippen LogP contribution in [0.3, 0.4) is 0 Å². The average Bonchev–Trinajstić information content (AvgIpc) is 2.81. The third-order valence-electron chi connectivity index (χ3n) is 9.25. The number of hydrogen-bond acceptors (Lipinski definition) is 2. The summed E-state index contributed by atoms with van der Waals surface area (Å²) in [5.41, 5.74) is 4.21. The molecule has 1 aliphatic carbocycles. The molecule has 1 saturated carbocycles. The maximum atomic E-state index is 14.4. The van der Waals surface area contributed by atoms with Crippen LogP contribution in [0.5, 0.6) is 0 Å². The molecule has 0 saturated heterocycles. The Hall–Kier alpha value is -1.71. The molecule has 0 spiro atoms. The molecule has 2 aromatic carbocycles. The molecular formula is C32H48O2Si. The van der Waals surface area contributed by atoms with Crippen molar-refractivity contribution in [3.05, 3.63) is 71.8 Å². The van der Waals surface area contributed by atoms with Crippen molar-refractivity contribution in [1.82, 2.24) is 0 Å². The highest BCUT2D eigenvalue weighted by molar-refractivity contribution is 6.83. The van der Waals surface area contributed by atoms with Crippen LogP contribution in [-0.2, 0) is 22.4 Å². The largest absolute Gasteiger partial charge is 0.378 e. The van der Waals surface area contributed by atoms with E-state index in [0.29, 0.717) is 41.4 Å². The first-order valence-corrected chi connectivity index (χ1v) is 16.3. The van der Waals surface area contributed by atoms with E-state index >= 15 is 0 Å². The maximum absolute atomic E-state index is 14.4. The summed E-state index contributed by atoms with van der Waals surface area (Å²) in [5, 5.41) is 0. The Kier molecular flexibility index (Phi) is 9.57. The normalized spacial score (nSPS) is 20.7. The van der Waals surface area contributed by atoms with Gasteiger partial charge >= 0.3 is 0 Å². The minimum atomic E-state index is -1.73. The first-order chi connectivity index (χ1) is 16.7. The first kappa shape index (κ1) is 27.9. The molecule has 0 unspecified atom stereocenters. The van der Waals surface area contributed by atoms with Gasteiger partial charge in [-0.3, -0.25) is 4.79 Å². The van der Waals surface area contributed by atoms with E-state index < -0.39 is 8.07 Å². The second-order valence-corrected chi connectivity index (χ2v) is 18.0. The van der Waals surface area contributed by atoms with Crippen molar-refractivity contribution in [1.29, 1.82) is 0 Å². The molecule has 1 aliphatic rings. The number of carbonyl (C=O) groups excluding carboxylic acids is 1. The zero-order valence-electron chi connectivity index (χ0n) is 23.2. The number of rotatable bonds is 11. The Balaban J connectivity index is 2.16. The molecule has 2 nitrogen and oxygen atoms in total. The molecule has 3 rings (SSSR count). The van der Waals surface area contributed by atoms with Gasteiger partial charge in [-0.25, -0.2) is 0 Å². The fraction of sp³-hybridized carbons (Fsp3) is 0.594. The van der Waals surface area contributed by atoms with E-state index in [1.54, 1.807) is 0 Å². The predicted octanol–water partition coefficient (Wildman–Crippen LogP) is 8.52. The zero-order chi connectivity index (χ0) is 25.6. The van der Waals surface area contributed by atoms with Crippen LogP contribution in [-0.4, -0.2) is 26.6 Å². The van der Waals surface area contributed by atoms with Crippen LogP contribution >= 0.6 is 0 Å². The monoisotopic (exact) mass is 492 g/mol. The van der Waals surface area contributed by atoms with Crippen LogP contribution in [0.25, 0.3) is 0 Å². The number of benzene rings is 2. The first-order valence-electron chi connectivity index (χ1n) is 13.9. The maximum Gasteiger partial charge on any atom is 0.142 e. The second-order valence-electron chi connectivity index (χ2n) is 11.9. The molecule has 35 heavy (non-hydrogen) atoms. The number of ketones is 1. The van der Waals surface area contributed by atoms with Gasteiger partial charge in [0.05, 0.1) is 14.2 Å². The van der Waals surface area contributed by atoms with Gasteiger partial charge in [-0.15, -0.1) is 0 Å². The van der Waals surface area contributed by atoms with Crippen molar-refractivity contribution >= 4 is 13.9 Å². The highest BCUT2D eigenvalue weighted by atomic mass is 28.3. The van der Waals surface area contributed by atoms with Gasteiger partial charge in [-0.05, 0) is 43.2 Å². The van der Waals surface area contributed by atoms with Gasteiger partial charge in [0, 0.05) is 18.4 Å². The van der Waals surface area contributed by atoms with Gasteiger partial charge < -0.3 is 4.74 Å². The van der Waals surface area contributed by atoms with Gasteiger partial charge in [-0.1, -0.05) is 125 Å². The summed E-state index contributed by atoms with van der Waals surface area (Å²) in [6, 6.07) is 22.7. The minimum absolute atomic E-state index is 0.0513. The lowest BCUT2D eigenvalue weighted by Crippen LogP contribution is -2.55. The highest BCUT2D eigenvalue weighted by Crippen LogP contribution is 2.54. The number of Topliss-reactive ketones (excluding diaryl/α,β-unsaturated/α-hetero) is 1. The molecule has 2 aromatic rings. The number of hydrogen-bond donors (Lipinski definition) is 0. The van der Waals surface area contributed by atoms with E-state index in [1.165, 1.54) is 17.2 Å². The Bertz CT molecular complexity index is 856. The van der Waals surface area contributed by atoms with Crippen molar-refractivity contribution < 1.29 is 9.53 Å². The molecule has 0 aromatic heterocycles. The third-order valence-corrected chi connectivity index (χ3v) is 16.9. The molecule has 2 atom stereocenters. The molecule has 3 heteroatoms. The smallest absolute Gasteiger partial charge is 0.142 e. The molecule has 0 aliphatic heterocycles. The predicted molar refractivity (Wildman–Crippen MR) is 152 cm³/mol. The van der Waals surface area contributed by atoms with Gasteiger partial charge in [0.25, 0.3) is 0 Å². The summed E-state index contributed by atoms with van der Waals surface area (Å²) in [6.45, 7) is 17.4. The highest BCUT2D eigenvalue weighted by Gasteiger charge is 2.54. The molecule has 0 N–H and O–H groups in total. The lowest BCUT2D eigenvalue weighted by molar-refractivity contribution is -0.142. The van der Waals surface area contributed by atoms with E-state index in [1.807, 2.05) is 0 Å². The molecule has 0 amide bonds. The van der Waals surface area contributed by atoms with E-state index in [2.05, 4.69) is 109 Å². The molecule has 1 fully saturated rings. The van der Waals surface area contributed by atoms with E-state index in [0.717, 1.165) is 19.3 Å². The second kappa shape index (κ2) is 12.0. The van der Waals surface area contributed by atoms with Crippen LogP contribution in [0, 0.1) is 11.3 Å². The fourth-order valence-corrected chi connectivity index (χ4v) is 14.3. The quantitative estimate of drug-likeness (QED) is 0.294. The van der Waals surface area contributed by atoms with Gasteiger partial charge in [-0.2, -0.15) is 0 Å². The Labute approximate surface area is 215 Å². The van der Waals surface area contributed by atoms with Gasteiger partial charge in [0.15, 0.2) is 0 Å². The fourth-order valence-electron chi connectivity index (χ4n) is 7.51. The SMILES string of the molecule is CCO[C@H]1CC(=O)C(Cc2ccccc2)(Cc2ccccc2)[C@@H](C[Si](C(C)C)(C(C)C)C(C)C)C1. The van der Waals surface area contributed by atoms with Crippen molar-refractivity contribution in [3.63, 3.8) is 0 Å². The van der Waals surface area contributed by atoms with Crippen LogP contribution in [0.1, 0.15) is 72.4 Å². The topological polar surface area (TPSA) is 26.3 Å². The lowest BCUT2D eigenvalue weighted by Gasteiger charge is -2.52. The molecular weight excluding hydrogens is 444 g/mol. The third kappa shape index (κ3) is 5.99. The van der Waals surface area contributed by atoms with E-state index in [9.17, 15) is 4.79 Å². The molecule has 0 heterocycles. The zero-order valence-corrected chi connectivity index (χ0v) is 24.2. The Morgan fingerprint density at radius 1 is 0.829 bits per heavy atom. The van der Waals surface area contributed by atoms with Crippen LogP contribution in [0.2, 0.25) is 22.7 Å². The Morgan fingerprint density at radius 3 is 1.69 bits per heavy atom. The standard InChI is InChI=1S/C32H48O2Si/c1-8-34-30-19-29(23-35(24(2)3,25(4)5)26(6)7)32(31(33)20-30,21-27-15-11-9-12-16-27)22-28-17-13-10-14-18-28/h9-18,24-26,29-30H,8,19-23H2,1-7H3/t29-,30-/m1/s1. The summed E-state index contributed by atoms with van der Waals surface area (Å²) in [4.78, 5) is 14.4. The van der Waals surface area contributed by atoms with Crippen molar-refractivity contribution in [2.24, 2.45) is 11.3 Å². The van der Waals surface area contributed by atoms with Crippen molar-refractivity contribution in [2.45, 2.75) is 103 Å². The lowest BCUT2D eigenvalue weighted by atomic mass is 9.59. The van der Waals surface area contributed by atoms with Crippen molar-refractivity contribution in [2.75, 3.05) is 6.61 Å². The van der Waals surface area contributed by atoms with Crippen LogP contribution in [0.4, 0.5) is 0 Å². The molecule has 0 bridgehead atoms. The average molecular weight is 493 g/mol. The minimum Gasteiger partial charge on any atom is -0.378 e. The van der Waals surface area contributed by atoms with E-state index in [-0.39, 0.29) is 11.5 Å². The summed E-state index contributed by atoms with van der Waals surface area (Å²) in [7, 11) is -1.73. The summed E-state index contributed by atoms with van der Waals surface area (Å²) in [5.74, 6) is 0.749. The Morgan fingerprint density at radius 2 is 1.29 bits per heavy atom. The number of ether oxygens (including phenoxy) is 1. The van der Waals surface area contributed by atoms with Crippen LogP contribution < -0.4 is 0 Å². The van der Waals surface area contributed by atoms with Gasteiger partial charge in [0.1, 0.15) is 5.78 Å². The van der Waals surface area contributed by atoms with Crippen LogP contribution in [0.15, 0.2) is 60.7 Å². The molecule has 0 radical (unpaired) electrons. The molecule has 192 valence electrons. The van der Waals surface area contributed by atoms with Gasteiger partial charge in [0.2, 0.25) is 0 Å². The van der Waals surface area contributed by atoms with E-state index in [4.69, 9.17) is 4.74 Å². The summed E-state index contributed by atoms with van der Waals surface area (Å²) < 4.78 is 6.17. The summed E-state index contributed by atoms with van der Waals surface area (Å²) in [6.07, 6.45) is 3.24.